The standard InChI is InChI=1S/C17H16BFN2O8S.C17H18BFN2O6S.C9H9ClN2O6S.H2/c1-2-28-17(22)20-15-7-12(21(24)25)3-4-16(15)30(26,27)9-11-5-13-10(6-14(11)19)8-29-18(13)23;1-2-26-17(22)21-15-7-12(20)3-4-16(15)28(24,25)9-11-5-13-10(6-14(11)19)8-27-18(13)23;1-2-18-9(13)11-7-5-6(12(14)15)3-4-8(7)19(10,16)17;/h3-7,23H,2,8-9H2,1H3,(H,20,22);3-7,23H,2,8-9,20H2,1H3,(H,21,22);3-5H,2H2,1H3,(H,11,13);1H. The molecule has 412 valence electrons. The molecule has 0 saturated heterocycles. The Morgan fingerprint density at radius 2 is 0.987 bits per heavy atom. The zero-order chi connectivity index (χ0) is 57.2. The number of amides is 3. The third-order valence-electron chi connectivity index (χ3n) is 10.5. The first kappa shape index (κ1) is 60.3. The molecule has 0 aromatic heterocycles. The Morgan fingerprint density at radius 3 is 1.35 bits per heavy atom. The molecule has 2 aliphatic rings. The Balaban J connectivity index is 0.000000257. The summed E-state index contributed by atoms with van der Waals surface area (Å²) in [7, 11) is -9.83. The van der Waals surface area contributed by atoms with Crippen molar-refractivity contribution in [1.82, 2.24) is 0 Å². The Kier molecular flexibility index (Phi) is 20.0. The maximum atomic E-state index is 14.4. The van der Waals surface area contributed by atoms with Crippen LogP contribution in [0, 0.1) is 31.9 Å². The minimum atomic E-state index is -4.26. The number of ether oxygens (including phenoxy) is 3. The van der Waals surface area contributed by atoms with Crippen LogP contribution in [-0.2, 0) is 77.0 Å². The number of anilines is 4. The summed E-state index contributed by atoms with van der Waals surface area (Å²) < 4.78 is 127. The van der Waals surface area contributed by atoms with Crippen molar-refractivity contribution < 1.29 is 93.3 Å². The number of nitro benzene ring substituents is 2. The van der Waals surface area contributed by atoms with Crippen LogP contribution in [0.15, 0.2) is 93.5 Å². The largest absolute Gasteiger partial charge is 0.491 e. The molecule has 5 aromatic rings. The zero-order valence-electron chi connectivity index (χ0n) is 40.2. The van der Waals surface area contributed by atoms with Gasteiger partial charge in [0.05, 0.1) is 81.2 Å². The van der Waals surface area contributed by atoms with Gasteiger partial charge in [-0.2, -0.15) is 0 Å². The average molecular weight is 1160 g/mol. The quantitative estimate of drug-likeness (QED) is 0.0200. The highest BCUT2D eigenvalue weighted by atomic mass is 35.7. The summed E-state index contributed by atoms with van der Waals surface area (Å²) in [6, 6.07) is 14.1. The average Bonchev–Trinajstić information content (AvgIpc) is 3.88. The molecule has 5 aromatic carbocycles. The lowest BCUT2D eigenvalue weighted by molar-refractivity contribution is -0.385. The number of fused-ring (bicyclic) bond motifs is 2. The second kappa shape index (κ2) is 25.5. The number of nitro groups is 2. The first-order valence-corrected chi connectivity index (χ1v) is 27.6. The molecular weight excluding hydrogens is 1110 g/mol. The van der Waals surface area contributed by atoms with E-state index in [0.717, 1.165) is 48.5 Å². The topological polar surface area (TPSA) is 389 Å². The smallest absolute Gasteiger partial charge is 0.450 e. The lowest BCUT2D eigenvalue weighted by Gasteiger charge is -2.13. The number of carbonyl (C=O) groups is 3. The lowest BCUT2D eigenvalue weighted by atomic mass is 9.79. The van der Waals surface area contributed by atoms with E-state index in [1.54, 1.807) is 13.8 Å². The number of hydrogen-bond donors (Lipinski definition) is 6. The molecule has 0 aliphatic carbocycles. The van der Waals surface area contributed by atoms with Crippen LogP contribution in [0.25, 0.3) is 0 Å². The molecule has 26 nitrogen and oxygen atoms in total. The number of hydrogen-bond acceptors (Lipinski definition) is 21. The van der Waals surface area contributed by atoms with Crippen LogP contribution in [0.3, 0.4) is 0 Å². The van der Waals surface area contributed by atoms with Gasteiger partial charge in [-0.3, -0.25) is 36.2 Å². The maximum absolute atomic E-state index is 14.4. The molecule has 0 atom stereocenters. The van der Waals surface area contributed by atoms with Crippen LogP contribution in [-0.4, -0.2) is 97.5 Å². The molecule has 3 amide bonds. The first-order chi connectivity index (χ1) is 36.1. The van der Waals surface area contributed by atoms with Crippen molar-refractivity contribution in [2.75, 3.05) is 41.5 Å². The molecule has 7 N–H and O–H groups in total. The third-order valence-corrected chi connectivity index (χ3v) is 15.3. The summed E-state index contributed by atoms with van der Waals surface area (Å²) in [5.74, 6) is -3.03. The molecule has 7 rings (SSSR count). The summed E-state index contributed by atoms with van der Waals surface area (Å²) in [5, 5.41) is 47.7. The van der Waals surface area contributed by atoms with Crippen molar-refractivity contribution in [3.8, 4) is 0 Å². The Morgan fingerprint density at radius 1 is 0.636 bits per heavy atom. The van der Waals surface area contributed by atoms with Gasteiger partial charge >= 0.3 is 32.5 Å². The van der Waals surface area contributed by atoms with Gasteiger partial charge in [0.1, 0.15) is 16.5 Å². The number of sulfone groups is 2. The number of halogens is 3. The van der Waals surface area contributed by atoms with E-state index in [9.17, 15) is 78.7 Å². The van der Waals surface area contributed by atoms with E-state index >= 15 is 0 Å². The molecular formula is C43H45B2ClF2N6O20S3. The van der Waals surface area contributed by atoms with Gasteiger partial charge in [0.2, 0.25) is 0 Å². The van der Waals surface area contributed by atoms with Crippen LogP contribution >= 0.6 is 10.7 Å². The molecule has 34 heteroatoms. The van der Waals surface area contributed by atoms with Gasteiger partial charge in [0.15, 0.2) is 19.7 Å². The van der Waals surface area contributed by atoms with Crippen LogP contribution < -0.4 is 32.6 Å². The van der Waals surface area contributed by atoms with E-state index in [2.05, 4.69) is 20.7 Å². The highest BCUT2D eigenvalue weighted by Gasteiger charge is 2.33. The predicted molar refractivity (Wildman–Crippen MR) is 274 cm³/mol. The van der Waals surface area contributed by atoms with E-state index in [4.69, 9.17) is 35.2 Å². The molecule has 0 radical (unpaired) electrons. The Hall–Kier alpha value is -7.52. The number of rotatable bonds is 15. The van der Waals surface area contributed by atoms with E-state index in [-0.39, 0.29) is 78.7 Å². The minimum absolute atomic E-state index is 0. The molecule has 0 spiro atoms. The number of nitrogens with zero attached hydrogens (tertiary/aromatic N) is 2. The molecule has 2 heterocycles. The zero-order valence-corrected chi connectivity index (χ0v) is 43.4. The van der Waals surface area contributed by atoms with Gasteiger partial charge in [-0.25, -0.2) is 48.4 Å². The molecule has 77 heavy (non-hydrogen) atoms. The van der Waals surface area contributed by atoms with E-state index in [1.807, 2.05) is 0 Å². The summed E-state index contributed by atoms with van der Waals surface area (Å²) >= 11 is 0. The second-order valence-electron chi connectivity index (χ2n) is 15.7. The fourth-order valence-electron chi connectivity index (χ4n) is 7.06. The number of nitrogen functional groups attached to an aromatic ring is 1. The number of non-ortho nitro benzene ring substituents is 2. The van der Waals surface area contributed by atoms with Crippen molar-refractivity contribution in [1.29, 1.82) is 0 Å². The van der Waals surface area contributed by atoms with Gasteiger partial charge in [-0.05, 0) is 85.3 Å². The second-order valence-corrected chi connectivity index (χ2v) is 22.2. The fraction of sp³-hybridized carbons (Fsp3) is 0.233. The fourth-order valence-corrected chi connectivity index (χ4v) is 11.1. The Bertz CT molecular complexity index is 3490. The monoisotopic (exact) mass is 1160 g/mol. The van der Waals surface area contributed by atoms with Crippen LogP contribution in [0.2, 0.25) is 0 Å². The van der Waals surface area contributed by atoms with Crippen molar-refractivity contribution in [3.63, 3.8) is 0 Å². The molecule has 0 unspecified atom stereocenters. The normalized spacial score (nSPS) is 12.6. The van der Waals surface area contributed by atoms with Crippen molar-refractivity contribution in [2.45, 2.75) is 60.2 Å². The van der Waals surface area contributed by atoms with E-state index in [0.29, 0.717) is 16.6 Å². The van der Waals surface area contributed by atoms with Crippen molar-refractivity contribution in [2.24, 2.45) is 0 Å². The SMILES string of the molecule is CCOC(=O)Nc1cc(N)ccc1S(=O)(=O)Cc1cc2c(cc1F)COB2O.CCOC(=O)Nc1cc([N+](=O)[O-])ccc1S(=O)(=O)Cc1cc2c(cc1F)COB2O.CCOC(=O)Nc1cc([N+](=O)[O-])ccc1S(=O)(=O)Cl.[HH]. The summed E-state index contributed by atoms with van der Waals surface area (Å²) in [6.45, 7) is 4.87. The van der Waals surface area contributed by atoms with Crippen LogP contribution in [0.1, 0.15) is 44.5 Å². The van der Waals surface area contributed by atoms with E-state index < -0.39 is 115 Å². The summed E-state index contributed by atoms with van der Waals surface area (Å²) in [4.78, 5) is 53.7. The highest BCUT2D eigenvalue weighted by Crippen LogP contribution is 2.32. The minimum Gasteiger partial charge on any atom is -0.450 e. The van der Waals surface area contributed by atoms with Gasteiger partial charge in [-0.15, -0.1) is 0 Å². The number of benzene rings is 5. The van der Waals surface area contributed by atoms with Crippen molar-refractivity contribution in [3.05, 3.63) is 133 Å². The molecule has 0 saturated carbocycles. The molecule has 0 bridgehead atoms. The van der Waals surface area contributed by atoms with Gasteiger partial charge in [0, 0.05) is 53.2 Å². The van der Waals surface area contributed by atoms with Gasteiger partial charge < -0.3 is 39.3 Å². The molecule has 2 aliphatic heterocycles. The van der Waals surface area contributed by atoms with Gasteiger partial charge in [-0.1, -0.05) is 12.1 Å². The first-order valence-electron chi connectivity index (χ1n) is 22.0. The Labute approximate surface area is 443 Å². The summed E-state index contributed by atoms with van der Waals surface area (Å²) in [6.07, 6.45) is -2.78. The highest BCUT2D eigenvalue weighted by molar-refractivity contribution is 8.13. The number of nitrogens with one attached hydrogen (secondary N) is 3. The number of carbonyl (C=O) groups excluding carboxylic acids is 3. The third kappa shape index (κ3) is 15.8. The maximum Gasteiger partial charge on any atom is 0.491 e. The lowest BCUT2D eigenvalue weighted by Crippen LogP contribution is -2.29. The number of nitrogens with two attached hydrogens (primary N) is 1. The predicted octanol–water partition coefficient (Wildman–Crippen LogP) is 5.00. The molecule has 0 fully saturated rings. The van der Waals surface area contributed by atoms with Crippen LogP contribution in [0.4, 0.5) is 57.3 Å². The van der Waals surface area contributed by atoms with E-state index in [1.165, 1.54) is 37.3 Å². The van der Waals surface area contributed by atoms with Crippen LogP contribution in [0.5, 0.6) is 0 Å². The summed E-state index contributed by atoms with van der Waals surface area (Å²) in [5.41, 5.74) is 5.42. The van der Waals surface area contributed by atoms with Gasteiger partial charge in [0.25, 0.3) is 20.4 Å². The van der Waals surface area contributed by atoms with Crippen molar-refractivity contribution >= 4 is 117 Å².